The lowest BCUT2D eigenvalue weighted by molar-refractivity contribution is 0.276. The molecule has 1 saturated carbocycles. The predicted octanol–water partition coefficient (Wildman–Crippen LogP) is 2.16. The van der Waals surface area contributed by atoms with Crippen molar-refractivity contribution in [1.29, 1.82) is 5.26 Å². The molecule has 1 aromatic heterocycles. The van der Waals surface area contributed by atoms with Crippen LogP contribution in [-0.2, 0) is 6.54 Å². The molecule has 1 heterocycles. The van der Waals surface area contributed by atoms with E-state index in [9.17, 15) is 0 Å². The minimum atomic E-state index is 0.793. The average molecular weight is 160 g/mol. The van der Waals surface area contributed by atoms with E-state index in [4.69, 9.17) is 5.26 Å². The molecule has 1 aromatic rings. The summed E-state index contributed by atoms with van der Waals surface area (Å²) in [6.07, 6.45) is 6.04. The van der Waals surface area contributed by atoms with Crippen LogP contribution in [0.2, 0.25) is 0 Å². The summed E-state index contributed by atoms with van der Waals surface area (Å²) in [4.78, 5) is 0. The van der Waals surface area contributed by atoms with Crippen molar-refractivity contribution in [3.8, 4) is 6.07 Å². The van der Waals surface area contributed by atoms with E-state index in [2.05, 4.69) is 10.6 Å². The van der Waals surface area contributed by atoms with Crippen LogP contribution in [0.15, 0.2) is 18.3 Å². The van der Waals surface area contributed by atoms with E-state index in [-0.39, 0.29) is 0 Å². The van der Waals surface area contributed by atoms with E-state index >= 15 is 0 Å². The first-order valence-electron chi connectivity index (χ1n) is 4.45. The van der Waals surface area contributed by atoms with Gasteiger partial charge in [-0.1, -0.05) is 6.42 Å². The Morgan fingerprint density at radius 3 is 3.00 bits per heavy atom. The molecule has 1 fully saturated rings. The number of aromatic nitrogens is 1. The van der Waals surface area contributed by atoms with E-state index in [1.807, 2.05) is 18.3 Å². The zero-order valence-electron chi connectivity index (χ0n) is 7.03. The van der Waals surface area contributed by atoms with Crippen LogP contribution < -0.4 is 0 Å². The molecule has 2 rings (SSSR count). The minimum absolute atomic E-state index is 0.793. The van der Waals surface area contributed by atoms with Gasteiger partial charge in [-0.05, 0) is 30.9 Å². The molecule has 2 heteroatoms. The van der Waals surface area contributed by atoms with Crippen molar-refractivity contribution in [1.82, 2.24) is 4.57 Å². The summed E-state index contributed by atoms with van der Waals surface area (Å²) in [6, 6.07) is 6.01. The monoisotopic (exact) mass is 160 g/mol. The van der Waals surface area contributed by atoms with Crippen molar-refractivity contribution in [3.05, 3.63) is 24.0 Å². The van der Waals surface area contributed by atoms with Crippen molar-refractivity contribution in [3.63, 3.8) is 0 Å². The lowest BCUT2D eigenvalue weighted by atomic mass is 9.85. The van der Waals surface area contributed by atoms with Gasteiger partial charge in [0.25, 0.3) is 0 Å². The molecule has 0 saturated heterocycles. The van der Waals surface area contributed by atoms with E-state index in [0.717, 1.165) is 18.2 Å². The normalized spacial score (nSPS) is 16.9. The third kappa shape index (κ3) is 1.23. The van der Waals surface area contributed by atoms with Crippen LogP contribution in [0.25, 0.3) is 0 Å². The van der Waals surface area contributed by atoms with Crippen molar-refractivity contribution in [2.45, 2.75) is 25.8 Å². The zero-order chi connectivity index (χ0) is 8.39. The average Bonchev–Trinajstić information content (AvgIpc) is 2.43. The number of nitrogens with zero attached hydrogens (tertiary/aromatic N) is 2. The summed E-state index contributed by atoms with van der Waals surface area (Å²) in [6.45, 7) is 1.04. The molecule has 0 aromatic carbocycles. The molecule has 0 atom stereocenters. The highest BCUT2D eigenvalue weighted by Crippen LogP contribution is 2.28. The first kappa shape index (κ1) is 7.42. The minimum Gasteiger partial charge on any atom is -0.339 e. The van der Waals surface area contributed by atoms with E-state index in [1.165, 1.54) is 19.3 Å². The number of hydrogen-bond acceptors (Lipinski definition) is 1. The molecule has 2 nitrogen and oxygen atoms in total. The highest BCUT2D eigenvalue weighted by molar-refractivity contribution is 5.21. The topological polar surface area (TPSA) is 28.7 Å². The van der Waals surface area contributed by atoms with E-state index < -0.39 is 0 Å². The fraction of sp³-hybridized carbons (Fsp3) is 0.500. The Morgan fingerprint density at radius 1 is 1.58 bits per heavy atom. The summed E-state index contributed by atoms with van der Waals surface area (Å²) in [5, 5.41) is 8.74. The fourth-order valence-electron chi connectivity index (χ4n) is 1.63. The largest absolute Gasteiger partial charge is 0.339 e. The number of rotatable bonds is 2. The summed E-state index contributed by atoms with van der Waals surface area (Å²) in [5.41, 5.74) is 0.793. The van der Waals surface area contributed by atoms with Gasteiger partial charge in [0.15, 0.2) is 0 Å². The molecule has 12 heavy (non-hydrogen) atoms. The number of nitriles is 1. The predicted molar refractivity (Wildman–Crippen MR) is 46.5 cm³/mol. The van der Waals surface area contributed by atoms with Crippen LogP contribution in [0.4, 0.5) is 0 Å². The fourth-order valence-corrected chi connectivity index (χ4v) is 1.63. The molecular weight excluding hydrogens is 148 g/mol. The molecule has 0 N–H and O–H groups in total. The van der Waals surface area contributed by atoms with Crippen molar-refractivity contribution >= 4 is 0 Å². The van der Waals surface area contributed by atoms with E-state index in [1.54, 1.807) is 0 Å². The van der Waals surface area contributed by atoms with Crippen LogP contribution in [0, 0.1) is 17.2 Å². The highest BCUT2D eigenvalue weighted by atomic mass is 15.0. The van der Waals surface area contributed by atoms with Crippen LogP contribution in [0.5, 0.6) is 0 Å². The molecule has 0 spiro atoms. The molecule has 0 radical (unpaired) electrons. The second-order valence-corrected chi connectivity index (χ2v) is 3.45. The van der Waals surface area contributed by atoms with Gasteiger partial charge < -0.3 is 4.57 Å². The van der Waals surface area contributed by atoms with Gasteiger partial charge in [0.1, 0.15) is 11.8 Å². The summed E-state index contributed by atoms with van der Waals surface area (Å²) in [7, 11) is 0. The molecule has 0 unspecified atom stereocenters. The van der Waals surface area contributed by atoms with Gasteiger partial charge >= 0.3 is 0 Å². The van der Waals surface area contributed by atoms with Crippen LogP contribution >= 0.6 is 0 Å². The smallest absolute Gasteiger partial charge is 0.120 e. The molecular formula is C10H12N2. The Bertz CT molecular complexity index is 302. The third-order valence-electron chi connectivity index (χ3n) is 2.62. The van der Waals surface area contributed by atoms with Crippen LogP contribution in [-0.4, -0.2) is 4.57 Å². The molecule has 62 valence electrons. The van der Waals surface area contributed by atoms with Gasteiger partial charge in [0.2, 0.25) is 0 Å². The van der Waals surface area contributed by atoms with Crippen molar-refractivity contribution < 1.29 is 0 Å². The van der Waals surface area contributed by atoms with Crippen LogP contribution in [0.1, 0.15) is 25.0 Å². The molecule has 0 bridgehead atoms. The Labute approximate surface area is 72.4 Å². The Kier molecular flexibility index (Phi) is 1.87. The lowest BCUT2D eigenvalue weighted by Crippen LogP contribution is -2.18. The Hall–Kier alpha value is -1.23. The molecule has 1 aliphatic rings. The van der Waals surface area contributed by atoms with Gasteiger partial charge in [-0.2, -0.15) is 5.26 Å². The maximum atomic E-state index is 8.74. The standard InChI is InChI=1S/C10H12N2/c11-7-10-5-2-6-12(10)8-9-3-1-4-9/h2,5-6,9H,1,3-4,8H2. The lowest BCUT2D eigenvalue weighted by Gasteiger charge is -2.25. The quantitative estimate of drug-likeness (QED) is 0.651. The Morgan fingerprint density at radius 2 is 2.42 bits per heavy atom. The summed E-state index contributed by atoms with van der Waals surface area (Å²) < 4.78 is 2.06. The highest BCUT2D eigenvalue weighted by Gasteiger charge is 2.18. The second-order valence-electron chi connectivity index (χ2n) is 3.45. The molecule has 0 amide bonds. The molecule has 1 aliphatic carbocycles. The van der Waals surface area contributed by atoms with Gasteiger partial charge in [0, 0.05) is 12.7 Å². The summed E-state index contributed by atoms with van der Waals surface area (Å²) in [5.74, 6) is 0.824. The van der Waals surface area contributed by atoms with Gasteiger partial charge in [-0.15, -0.1) is 0 Å². The Balaban J connectivity index is 2.06. The SMILES string of the molecule is N#Cc1cccn1CC1CCC1. The van der Waals surface area contributed by atoms with Gasteiger partial charge in [-0.25, -0.2) is 0 Å². The molecule has 0 aliphatic heterocycles. The number of hydrogen-bond donors (Lipinski definition) is 0. The summed E-state index contributed by atoms with van der Waals surface area (Å²) >= 11 is 0. The van der Waals surface area contributed by atoms with Crippen LogP contribution in [0.3, 0.4) is 0 Å². The second kappa shape index (κ2) is 3.02. The third-order valence-corrected chi connectivity index (χ3v) is 2.62. The van der Waals surface area contributed by atoms with Crippen molar-refractivity contribution in [2.75, 3.05) is 0 Å². The van der Waals surface area contributed by atoms with Gasteiger partial charge in [0.05, 0.1) is 0 Å². The zero-order valence-corrected chi connectivity index (χ0v) is 7.03. The first-order chi connectivity index (χ1) is 5.90. The van der Waals surface area contributed by atoms with Crippen molar-refractivity contribution in [2.24, 2.45) is 5.92 Å². The first-order valence-corrected chi connectivity index (χ1v) is 4.45. The van der Waals surface area contributed by atoms with E-state index in [0.29, 0.717) is 0 Å². The van der Waals surface area contributed by atoms with Gasteiger partial charge in [-0.3, -0.25) is 0 Å². The maximum Gasteiger partial charge on any atom is 0.120 e. The maximum absolute atomic E-state index is 8.74.